The van der Waals surface area contributed by atoms with Gasteiger partial charge in [-0.2, -0.15) is 0 Å². The van der Waals surface area contributed by atoms with Crippen LogP contribution in [0.4, 0.5) is 10.2 Å². The van der Waals surface area contributed by atoms with Crippen LogP contribution in [0.1, 0.15) is 35.0 Å². The van der Waals surface area contributed by atoms with Gasteiger partial charge < -0.3 is 14.9 Å². The number of anilines is 1. The van der Waals surface area contributed by atoms with Crippen molar-refractivity contribution in [2.24, 2.45) is 0 Å². The van der Waals surface area contributed by atoms with Crippen LogP contribution in [0.15, 0.2) is 48.5 Å². The van der Waals surface area contributed by atoms with E-state index in [9.17, 15) is 9.18 Å². The molecule has 0 atom stereocenters. The van der Waals surface area contributed by atoms with Crippen molar-refractivity contribution in [3.63, 3.8) is 0 Å². The molecule has 6 heteroatoms. The maximum absolute atomic E-state index is 14.2. The van der Waals surface area contributed by atoms with Crippen molar-refractivity contribution < 1.29 is 9.18 Å². The highest BCUT2D eigenvalue weighted by Gasteiger charge is 2.24. The van der Waals surface area contributed by atoms with E-state index in [1.165, 1.54) is 12.1 Å². The fourth-order valence-corrected chi connectivity index (χ4v) is 3.68. The number of imidazole rings is 1. The number of nitrogens with zero attached hydrogens (tertiary/aromatic N) is 2. The fourth-order valence-electron chi connectivity index (χ4n) is 3.68. The standard InChI is InChI=1S/C23H23FN4O/c1-4-13-28-15(3)14(2)20(21-25-18-11-7-8-12-19(18)26-21)22(28)27-23(29)16-9-5-6-10-17(16)24/h5-12H,4,13H2,1-3H3,(H,25,26)(H,27,29). The predicted octanol–water partition coefficient (Wildman–Crippen LogP) is 5.45. The van der Waals surface area contributed by atoms with Crippen molar-refractivity contribution in [2.45, 2.75) is 33.7 Å². The Kier molecular flexibility index (Phi) is 4.92. The molecular formula is C23H23FN4O. The maximum atomic E-state index is 14.2. The zero-order valence-electron chi connectivity index (χ0n) is 16.7. The molecular weight excluding hydrogens is 367 g/mol. The van der Waals surface area contributed by atoms with Gasteiger partial charge in [0, 0.05) is 12.2 Å². The van der Waals surface area contributed by atoms with Gasteiger partial charge in [0.15, 0.2) is 0 Å². The third-order valence-electron chi connectivity index (χ3n) is 5.25. The molecule has 2 aromatic carbocycles. The van der Waals surface area contributed by atoms with E-state index in [1.807, 2.05) is 38.1 Å². The minimum atomic E-state index is -0.544. The molecule has 0 saturated heterocycles. The highest BCUT2D eigenvalue weighted by molar-refractivity contribution is 6.06. The summed E-state index contributed by atoms with van der Waals surface area (Å²) >= 11 is 0. The molecule has 1 amide bonds. The average Bonchev–Trinajstić information content (AvgIpc) is 3.23. The van der Waals surface area contributed by atoms with Crippen molar-refractivity contribution in [2.75, 3.05) is 5.32 Å². The van der Waals surface area contributed by atoms with Gasteiger partial charge in [0.05, 0.1) is 22.2 Å². The zero-order valence-corrected chi connectivity index (χ0v) is 16.7. The molecule has 2 aromatic heterocycles. The Bertz CT molecular complexity index is 1170. The third kappa shape index (κ3) is 3.31. The lowest BCUT2D eigenvalue weighted by Crippen LogP contribution is -2.17. The molecule has 0 spiro atoms. The fraction of sp³-hybridized carbons (Fsp3) is 0.217. The first-order valence-corrected chi connectivity index (χ1v) is 9.72. The normalized spacial score (nSPS) is 11.2. The van der Waals surface area contributed by atoms with Crippen molar-refractivity contribution in [3.8, 4) is 11.4 Å². The molecule has 148 valence electrons. The molecule has 0 aliphatic carbocycles. The number of rotatable bonds is 5. The first-order valence-electron chi connectivity index (χ1n) is 9.72. The van der Waals surface area contributed by atoms with Gasteiger partial charge in [-0.1, -0.05) is 31.2 Å². The van der Waals surface area contributed by atoms with E-state index in [4.69, 9.17) is 4.98 Å². The van der Waals surface area contributed by atoms with E-state index >= 15 is 0 Å². The van der Waals surface area contributed by atoms with Crippen LogP contribution in [-0.4, -0.2) is 20.4 Å². The Labute approximate surface area is 168 Å². The number of carbonyl (C=O) groups excluding carboxylic acids is 1. The summed E-state index contributed by atoms with van der Waals surface area (Å²) in [6, 6.07) is 13.8. The van der Waals surface area contributed by atoms with Crippen molar-refractivity contribution in [3.05, 3.63) is 71.2 Å². The largest absolute Gasteiger partial charge is 0.338 e. The van der Waals surface area contributed by atoms with Crippen LogP contribution >= 0.6 is 0 Å². The SMILES string of the molecule is CCCn1c(C)c(C)c(-c2nc3ccccc3[nH]2)c1NC(=O)c1ccccc1F. The minimum absolute atomic E-state index is 0.0163. The van der Waals surface area contributed by atoms with Gasteiger partial charge in [-0.3, -0.25) is 4.79 Å². The van der Waals surface area contributed by atoms with E-state index in [0.29, 0.717) is 11.6 Å². The van der Waals surface area contributed by atoms with Crippen LogP contribution in [0.3, 0.4) is 0 Å². The quantitative estimate of drug-likeness (QED) is 0.476. The Morgan fingerprint density at radius 2 is 1.86 bits per heavy atom. The second-order valence-corrected chi connectivity index (χ2v) is 7.12. The highest BCUT2D eigenvalue weighted by atomic mass is 19.1. The van der Waals surface area contributed by atoms with E-state index in [2.05, 4.69) is 21.8 Å². The van der Waals surface area contributed by atoms with E-state index in [-0.39, 0.29) is 5.56 Å². The number of hydrogen-bond donors (Lipinski definition) is 2. The van der Waals surface area contributed by atoms with E-state index in [0.717, 1.165) is 40.8 Å². The Balaban J connectivity index is 1.86. The number of hydrogen-bond acceptors (Lipinski definition) is 2. The molecule has 2 N–H and O–H groups in total. The molecule has 4 aromatic rings. The summed E-state index contributed by atoms with van der Waals surface area (Å²) < 4.78 is 16.2. The van der Waals surface area contributed by atoms with Gasteiger partial charge in [-0.05, 0) is 50.1 Å². The van der Waals surface area contributed by atoms with E-state index in [1.54, 1.807) is 12.1 Å². The molecule has 29 heavy (non-hydrogen) atoms. The number of nitrogens with one attached hydrogen (secondary N) is 2. The van der Waals surface area contributed by atoms with E-state index < -0.39 is 11.7 Å². The van der Waals surface area contributed by atoms with Crippen molar-refractivity contribution >= 4 is 22.8 Å². The van der Waals surface area contributed by atoms with Crippen LogP contribution in [0.2, 0.25) is 0 Å². The molecule has 0 aliphatic heterocycles. The Morgan fingerprint density at radius 1 is 1.14 bits per heavy atom. The summed E-state index contributed by atoms with van der Waals surface area (Å²) in [5.41, 5.74) is 4.70. The lowest BCUT2D eigenvalue weighted by Gasteiger charge is -2.13. The summed E-state index contributed by atoms with van der Waals surface area (Å²) in [7, 11) is 0. The molecule has 5 nitrogen and oxygen atoms in total. The first-order chi connectivity index (χ1) is 14.0. The Morgan fingerprint density at radius 3 is 2.59 bits per heavy atom. The summed E-state index contributed by atoms with van der Waals surface area (Å²) in [5, 5.41) is 2.95. The molecule has 2 heterocycles. The average molecular weight is 390 g/mol. The number of para-hydroxylation sites is 2. The number of fused-ring (bicyclic) bond motifs is 1. The van der Waals surface area contributed by atoms with Crippen LogP contribution in [0.5, 0.6) is 0 Å². The summed E-state index contributed by atoms with van der Waals surface area (Å²) in [4.78, 5) is 20.9. The highest BCUT2D eigenvalue weighted by Crippen LogP contribution is 2.36. The first kappa shape index (κ1) is 18.9. The van der Waals surface area contributed by atoms with Crippen LogP contribution in [-0.2, 0) is 6.54 Å². The number of halogens is 1. The van der Waals surface area contributed by atoms with Gasteiger partial charge >= 0.3 is 0 Å². The second-order valence-electron chi connectivity index (χ2n) is 7.12. The smallest absolute Gasteiger partial charge is 0.259 e. The van der Waals surface area contributed by atoms with Crippen LogP contribution < -0.4 is 5.32 Å². The number of aromatic nitrogens is 3. The van der Waals surface area contributed by atoms with Crippen molar-refractivity contribution in [1.29, 1.82) is 0 Å². The number of carbonyl (C=O) groups is 1. The lowest BCUT2D eigenvalue weighted by molar-refractivity contribution is 0.102. The lowest BCUT2D eigenvalue weighted by atomic mass is 10.1. The van der Waals surface area contributed by atoms with Gasteiger partial charge in [0.25, 0.3) is 5.91 Å². The molecule has 0 aliphatic rings. The molecule has 0 bridgehead atoms. The van der Waals surface area contributed by atoms with Crippen LogP contribution in [0.25, 0.3) is 22.4 Å². The molecule has 0 unspecified atom stereocenters. The van der Waals surface area contributed by atoms with Crippen LogP contribution in [0, 0.1) is 19.7 Å². The number of amides is 1. The van der Waals surface area contributed by atoms with Crippen molar-refractivity contribution in [1.82, 2.24) is 14.5 Å². The topological polar surface area (TPSA) is 62.7 Å². The Hall–Kier alpha value is -3.41. The third-order valence-corrected chi connectivity index (χ3v) is 5.25. The monoisotopic (exact) mass is 390 g/mol. The second kappa shape index (κ2) is 7.54. The molecule has 4 rings (SSSR count). The molecule has 0 fully saturated rings. The number of H-pyrrole nitrogens is 1. The van der Waals surface area contributed by atoms with Gasteiger partial charge in [-0.15, -0.1) is 0 Å². The van der Waals surface area contributed by atoms with Gasteiger partial charge in [0.1, 0.15) is 17.5 Å². The summed E-state index contributed by atoms with van der Waals surface area (Å²) in [6.45, 7) is 6.86. The minimum Gasteiger partial charge on any atom is -0.338 e. The van der Waals surface area contributed by atoms with Gasteiger partial charge in [0.2, 0.25) is 0 Å². The van der Waals surface area contributed by atoms with Gasteiger partial charge in [-0.25, -0.2) is 9.37 Å². The molecule has 0 radical (unpaired) electrons. The predicted molar refractivity (Wildman–Crippen MR) is 114 cm³/mol. The maximum Gasteiger partial charge on any atom is 0.259 e. The number of benzene rings is 2. The number of aromatic amines is 1. The molecule has 0 saturated carbocycles. The zero-order chi connectivity index (χ0) is 20.5. The summed E-state index contributed by atoms with van der Waals surface area (Å²) in [5.74, 6) is 0.298. The summed E-state index contributed by atoms with van der Waals surface area (Å²) in [6.07, 6.45) is 0.900.